The van der Waals surface area contributed by atoms with E-state index in [4.69, 9.17) is 0 Å². The molecule has 3 rings (SSSR count). The second kappa shape index (κ2) is 6.73. The van der Waals surface area contributed by atoms with Crippen LogP contribution in [0.5, 0.6) is 0 Å². The van der Waals surface area contributed by atoms with Gasteiger partial charge in [0.05, 0.1) is 5.56 Å². The van der Waals surface area contributed by atoms with Crippen molar-refractivity contribution >= 4 is 0 Å². The lowest BCUT2D eigenvalue weighted by molar-refractivity contribution is -0.137. The second-order valence-corrected chi connectivity index (χ2v) is 7.97. The summed E-state index contributed by atoms with van der Waals surface area (Å²) in [6.07, 6.45) is -1.76. The molecular weight excluding hydrogens is 335 g/mol. The van der Waals surface area contributed by atoms with E-state index in [1.54, 1.807) is 6.07 Å². The Bertz CT molecular complexity index is 765. The van der Waals surface area contributed by atoms with E-state index in [9.17, 15) is 13.2 Å². The molecule has 0 radical (unpaired) electrons. The molecule has 0 bridgehead atoms. The summed E-state index contributed by atoms with van der Waals surface area (Å²) < 4.78 is 40.2. The van der Waals surface area contributed by atoms with Crippen LogP contribution in [-0.2, 0) is 17.0 Å². The first kappa shape index (κ1) is 19.0. The highest BCUT2D eigenvalue weighted by Gasteiger charge is 2.49. The molecule has 0 amide bonds. The molecule has 0 aliphatic heterocycles. The molecule has 0 aromatic heterocycles. The van der Waals surface area contributed by atoms with Crippen molar-refractivity contribution in [1.29, 1.82) is 0 Å². The Hall–Kier alpha value is -1.81. The van der Waals surface area contributed by atoms with Gasteiger partial charge < -0.3 is 5.32 Å². The number of hydrogen-bond donors (Lipinski definition) is 1. The first-order valence-electron chi connectivity index (χ1n) is 9.13. The van der Waals surface area contributed by atoms with E-state index in [1.807, 2.05) is 25.2 Å². The highest BCUT2D eigenvalue weighted by atomic mass is 19.4. The lowest BCUT2D eigenvalue weighted by Crippen LogP contribution is -2.28. The molecule has 4 heteroatoms. The molecular formula is C22H26F3N. The molecule has 1 nitrogen and oxygen atoms in total. The van der Waals surface area contributed by atoms with Crippen LogP contribution in [0.3, 0.4) is 0 Å². The fraction of sp³-hybridized carbons (Fsp3) is 0.455. The van der Waals surface area contributed by atoms with Crippen LogP contribution >= 0.6 is 0 Å². The first-order chi connectivity index (χ1) is 12.2. The van der Waals surface area contributed by atoms with Crippen LogP contribution in [0, 0.1) is 0 Å². The van der Waals surface area contributed by atoms with Crippen LogP contribution in [0.1, 0.15) is 55.4 Å². The number of fused-ring (bicyclic) bond motifs is 1. The Balaban J connectivity index is 2.20. The Kier molecular flexibility index (Phi) is 4.91. The SMILES string of the molecule is CNCCCC1(c2ccccc2)CC(C)(C)c2ccc(C(F)(F)F)cc21. The normalized spacial score (nSPS) is 21.6. The average molecular weight is 361 g/mol. The van der Waals surface area contributed by atoms with Gasteiger partial charge in [-0.15, -0.1) is 0 Å². The monoisotopic (exact) mass is 361 g/mol. The van der Waals surface area contributed by atoms with Crippen molar-refractivity contribution in [3.8, 4) is 0 Å². The van der Waals surface area contributed by atoms with E-state index >= 15 is 0 Å². The van der Waals surface area contributed by atoms with Gasteiger partial charge in [-0.25, -0.2) is 0 Å². The summed E-state index contributed by atoms with van der Waals surface area (Å²) in [4.78, 5) is 0. The molecule has 1 unspecified atom stereocenters. The summed E-state index contributed by atoms with van der Waals surface area (Å²) in [5.74, 6) is 0. The maximum Gasteiger partial charge on any atom is 0.416 e. The molecule has 1 atom stereocenters. The first-order valence-corrected chi connectivity index (χ1v) is 9.13. The number of rotatable bonds is 5. The molecule has 140 valence electrons. The van der Waals surface area contributed by atoms with Crippen LogP contribution in [0.2, 0.25) is 0 Å². The van der Waals surface area contributed by atoms with Gasteiger partial charge >= 0.3 is 6.18 Å². The molecule has 0 saturated heterocycles. The topological polar surface area (TPSA) is 12.0 Å². The van der Waals surface area contributed by atoms with Crippen molar-refractivity contribution < 1.29 is 13.2 Å². The molecule has 0 heterocycles. The summed E-state index contributed by atoms with van der Waals surface area (Å²) in [5, 5.41) is 3.16. The van der Waals surface area contributed by atoms with Crippen molar-refractivity contribution in [2.24, 2.45) is 0 Å². The summed E-state index contributed by atoms with van der Waals surface area (Å²) in [6.45, 7) is 5.13. The minimum atomic E-state index is -4.32. The zero-order chi connectivity index (χ0) is 19.0. The Morgan fingerprint density at radius 2 is 1.69 bits per heavy atom. The smallest absolute Gasteiger partial charge is 0.320 e. The zero-order valence-electron chi connectivity index (χ0n) is 15.6. The summed E-state index contributed by atoms with van der Waals surface area (Å²) >= 11 is 0. The molecule has 1 aliphatic rings. The predicted molar refractivity (Wildman–Crippen MR) is 99.5 cm³/mol. The fourth-order valence-electron chi connectivity index (χ4n) is 4.60. The van der Waals surface area contributed by atoms with Crippen molar-refractivity contribution in [3.63, 3.8) is 0 Å². The largest absolute Gasteiger partial charge is 0.416 e. The minimum Gasteiger partial charge on any atom is -0.320 e. The molecule has 0 spiro atoms. The summed E-state index contributed by atoms with van der Waals surface area (Å²) in [7, 11) is 1.91. The van der Waals surface area contributed by atoms with Gasteiger partial charge in [-0.2, -0.15) is 13.2 Å². The molecule has 1 aliphatic carbocycles. The van der Waals surface area contributed by atoms with Gasteiger partial charge in [-0.3, -0.25) is 0 Å². The Morgan fingerprint density at radius 1 is 1.00 bits per heavy atom. The highest BCUT2D eigenvalue weighted by molar-refractivity contribution is 5.53. The zero-order valence-corrected chi connectivity index (χ0v) is 15.6. The third-order valence-corrected chi connectivity index (χ3v) is 5.69. The van der Waals surface area contributed by atoms with Crippen molar-refractivity contribution in [2.75, 3.05) is 13.6 Å². The number of nitrogens with one attached hydrogen (secondary N) is 1. The van der Waals surface area contributed by atoms with Crippen molar-refractivity contribution in [1.82, 2.24) is 5.32 Å². The maximum absolute atomic E-state index is 13.4. The van der Waals surface area contributed by atoms with Crippen LogP contribution in [-0.4, -0.2) is 13.6 Å². The van der Waals surface area contributed by atoms with Gasteiger partial charge in [0.15, 0.2) is 0 Å². The van der Waals surface area contributed by atoms with Crippen LogP contribution in [0.4, 0.5) is 13.2 Å². The molecule has 0 saturated carbocycles. The Labute approximate surface area is 153 Å². The standard InChI is InChI=1S/C22H26F3N/c1-20(2)15-21(12-7-13-26-3,16-8-5-4-6-9-16)19-14-17(22(23,24)25)10-11-18(19)20/h4-6,8-11,14,26H,7,12-13,15H2,1-3H3. The molecule has 2 aromatic carbocycles. The minimum absolute atomic E-state index is 0.158. The second-order valence-electron chi connectivity index (χ2n) is 7.97. The highest BCUT2D eigenvalue weighted by Crippen LogP contribution is 2.55. The number of halogens is 3. The maximum atomic E-state index is 13.4. The van der Waals surface area contributed by atoms with Gasteiger partial charge in [0, 0.05) is 5.41 Å². The number of alkyl halides is 3. The van der Waals surface area contributed by atoms with E-state index < -0.39 is 11.7 Å². The van der Waals surface area contributed by atoms with Gasteiger partial charge in [-0.05, 0) is 67.1 Å². The van der Waals surface area contributed by atoms with Gasteiger partial charge in [-0.1, -0.05) is 50.2 Å². The van der Waals surface area contributed by atoms with E-state index in [0.717, 1.165) is 42.5 Å². The lowest BCUT2D eigenvalue weighted by atomic mass is 9.70. The van der Waals surface area contributed by atoms with Gasteiger partial charge in [0.2, 0.25) is 0 Å². The summed E-state index contributed by atoms with van der Waals surface area (Å²) in [6, 6.07) is 14.4. The van der Waals surface area contributed by atoms with Crippen LogP contribution < -0.4 is 5.32 Å². The third kappa shape index (κ3) is 3.27. The number of hydrogen-bond acceptors (Lipinski definition) is 1. The predicted octanol–water partition coefficient (Wildman–Crippen LogP) is 5.67. The van der Waals surface area contributed by atoms with Gasteiger partial charge in [0.25, 0.3) is 0 Å². The lowest BCUT2D eigenvalue weighted by Gasteiger charge is -2.33. The van der Waals surface area contributed by atoms with Crippen LogP contribution in [0.15, 0.2) is 48.5 Å². The third-order valence-electron chi connectivity index (χ3n) is 5.69. The molecule has 2 aromatic rings. The van der Waals surface area contributed by atoms with Crippen LogP contribution in [0.25, 0.3) is 0 Å². The quantitative estimate of drug-likeness (QED) is 0.676. The summed E-state index contributed by atoms with van der Waals surface area (Å²) in [5.41, 5.74) is 1.91. The Morgan fingerprint density at radius 3 is 2.31 bits per heavy atom. The fourth-order valence-corrected chi connectivity index (χ4v) is 4.60. The van der Waals surface area contributed by atoms with E-state index in [0.29, 0.717) is 0 Å². The van der Waals surface area contributed by atoms with Crippen molar-refractivity contribution in [2.45, 2.75) is 50.1 Å². The number of benzene rings is 2. The average Bonchev–Trinajstić information content (AvgIpc) is 2.83. The van der Waals surface area contributed by atoms with E-state index in [1.165, 1.54) is 12.1 Å². The van der Waals surface area contributed by atoms with Gasteiger partial charge in [0.1, 0.15) is 0 Å². The van der Waals surface area contributed by atoms with E-state index in [-0.39, 0.29) is 10.8 Å². The molecule has 0 fully saturated rings. The molecule has 1 N–H and O–H groups in total. The van der Waals surface area contributed by atoms with E-state index in [2.05, 4.69) is 31.3 Å². The molecule has 26 heavy (non-hydrogen) atoms. The van der Waals surface area contributed by atoms with Crippen molar-refractivity contribution in [3.05, 3.63) is 70.8 Å².